The molecule has 7 nitrogen and oxygen atoms in total. The number of likely N-dealkylation sites (tertiary alicyclic amines) is 1. The number of alkyl halides is 3. The average molecular weight is 452 g/mol. The number of carbonyl (C=O) groups is 2. The van der Waals surface area contributed by atoms with Crippen molar-refractivity contribution in [2.24, 2.45) is 17.8 Å². The molecular weight excluding hydrogens is 425 g/mol. The molecular formula is C22H27F3N4O3. The predicted octanol–water partition coefficient (Wildman–Crippen LogP) is 3.82. The van der Waals surface area contributed by atoms with Gasteiger partial charge in [0.15, 0.2) is 0 Å². The summed E-state index contributed by atoms with van der Waals surface area (Å²) in [6.45, 7) is 9.75. The molecule has 1 saturated heterocycles. The Bertz CT molecular complexity index is 1060. The lowest BCUT2D eigenvalue weighted by molar-refractivity contribution is -0.136. The molecule has 0 aromatic carbocycles. The molecule has 2 fully saturated rings. The van der Waals surface area contributed by atoms with Crippen LogP contribution in [0, 0.1) is 17.8 Å². The first kappa shape index (κ1) is 22.4. The summed E-state index contributed by atoms with van der Waals surface area (Å²) in [5.74, 6) is 0.0231. The first-order valence-electron chi connectivity index (χ1n) is 10.5. The van der Waals surface area contributed by atoms with E-state index in [2.05, 4.69) is 10.3 Å². The number of piperidine rings is 1. The molecule has 0 radical (unpaired) electrons. The van der Waals surface area contributed by atoms with E-state index >= 15 is 0 Å². The summed E-state index contributed by atoms with van der Waals surface area (Å²) in [6, 6.07) is 2.32. The van der Waals surface area contributed by atoms with Gasteiger partial charge in [0, 0.05) is 25.2 Å². The molecule has 2 aromatic heterocycles. The molecule has 4 rings (SSSR count). The standard InChI is InChI=1S/C22H27F3N4O3/c1-20(2,3)32-19(31)28-10-12-13(11-28)16(12)17(30)27-21(4,5)18-26-9-15-14(22(23,24)25)7-6-8-29(15)18/h6-9,12-13,16H,10-11H2,1-5H3,(H,27,30)/t12-,13+,16+. The monoisotopic (exact) mass is 452 g/mol. The largest absolute Gasteiger partial charge is 0.444 e. The molecule has 0 bridgehead atoms. The highest BCUT2D eigenvalue weighted by Crippen LogP contribution is 2.52. The van der Waals surface area contributed by atoms with Crippen molar-refractivity contribution in [2.75, 3.05) is 13.1 Å². The Morgan fingerprint density at radius 2 is 1.75 bits per heavy atom. The van der Waals surface area contributed by atoms with Crippen LogP contribution in [0.2, 0.25) is 0 Å². The molecule has 0 unspecified atom stereocenters. The number of nitrogens with zero attached hydrogens (tertiary/aromatic N) is 3. The van der Waals surface area contributed by atoms with Gasteiger partial charge in [0.1, 0.15) is 11.4 Å². The fourth-order valence-corrected chi connectivity index (χ4v) is 4.56. The minimum Gasteiger partial charge on any atom is -0.444 e. The van der Waals surface area contributed by atoms with Gasteiger partial charge in [-0.05, 0) is 58.6 Å². The number of aromatic nitrogens is 2. The number of rotatable bonds is 3. The maximum Gasteiger partial charge on any atom is 0.418 e. The Balaban J connectivity index is 1.44. The van der Waals surface area contributed by atoms with E-state index in [4.69, 9.17) is 4.74 Å². The van der Waals surface area contributed by atoms with Gasteiger partial charge in [0.2, 0.25) is 5.91 Å². The molecule has 1 aliphatic heterocycles. The van der Waals surface area contributed by atoms with Gasteiger partial charge in [-0.2, -0.15) is 13.2 Å². The summed E-state index contributed by atoms with van der Waals surface area (Å²) in [4.78, 5) is 31.0. The van der Waals surface area contributed by atoms with Crippen LogP contribution in [0.15, 0.2) is 24.5 Å². The predicted molar refractivity (Wildman–Crippen MR) is 110 cm³/mol. The molecule has 174 valence electrons. The van der Waals surface area contributed by atoms with E-state index < -0.39 is 22.9 Å². The Labute approximate surface area is 183 Å². The second-order valence-corrected chi connectivity index (χ2v) is 10.1. The van der Waals surface area contributed by atoms with Crippen LogP contribution in [0.1, 0.15) is 46.0 Å². The number of hydrogen-bond donors (Lipinski definition) is 1. The summed E-state index contributed by atoms with van der Waals surface area (Å²) in [5.41, 5.74) is -2.41. The fraction of sp³-hybridized carbons (Fsp3) is 0.591. The average Bonchev–Trinajstić information content (AvgIpc) is 3.00. The summed E-state index contributed by atoms with van der Waals surface area (Å²) in [7, 11) is 0. The van der Waals surface area contributed by atoms with Gasteiger partial charge in [-0.1, -0.05) is 0 Å². The van der Waals surface area contributed by atoms with E-state index in [0.29, 0.717) is 18.9 Å². The molecule has 1 saturated carbocycles. The third-order valence-corrected chi connectivity index (χ3v) is 6.02. The van der Waals surface area contributed by atoms with Crippen LogP contribution in [0.25, 0.3) is 5.52 Å². The van der Waals surface area contributed by atoms with Gasteiger partial charge in [0.05, 0.1) is 22.8 Å². The summed E-state index contributed by atoms with van der Waals surface area (Å²) in [6.07, 6.45) is -2.20. The summed E-state index contributed by atoms with van der Waals surface area (Å²) < 4.78 is 46.7. The second kappa shape index (κ2) is 7.11. The van der Waals surface area contributed by atoms with Crippen molar-refractivity contribution >= 4 is 17.5 Å². The van der Waals surface area contributed by atoms with Crippen LogP contribution >= 0.6 is 0 Å². The zero-order valence-electron chi connectivity index (χ0n) is 18.7. The number of nitrogens with one attached hydrogen (secondary N) is 1. The van der Waals surface area contributed by atoms with Gasteiger partial charge in [-0.3, -0.25) is 4.79 Å². The third kappa shape index (κ3) is 4.02. The molecule has 10 heteroatoms. The Kier molecular flexibility index (Phi) is 4.98. The quantitative estimate of drug-likeness (QED) is 0.768. The van der Waals surface area contributed by atoms with E-state index in [1.54, 1.807) is 39.5 Å². The number of pyridine rings is 1. The van der Waals surface area contributed by atoms with Crippen molar-refractivity contribution in [3.63, 3.8) is 0 Å². The molecule has 2 aromatic rings. The van der Waals surface area contributed by atoms with Crippen LogP contribution in [0.3, 0.4) is 0 Å². The maximum absolute atomic E-state index is 13.3. The number of halogens is 3. The zero-order chi connectivity index (χ0) is 23.6. The van der Waals surface area contributed by atoms with E-state index in [1.807, 2.05) is 0 Å². The van der Waals surface area contributed by atoms with Crippen molar-refractivity contribution in [3.05, 3.63) is 35.9 Å². The van der Waals surface area contributed by atoms with Crippen LogP contribution in [0.4, 0.5) is 18.0 Å². The SMILES string of the molecule is CC(C)(C)OC(=O)N1C[C@@H]2[C@H](C1)[C@H]2C(=O)NC(C)(C)c1ncc2c(C(F)(F)F)cccn12. The van der Waals surface area contributed by atoms with Gasteiger partial charge in [0.25, 0.3) is 0 Å². The highest BCUT2D eigenvalue weighted by atomic mass is 19.4. The van der Waals surface area contributed by atoms with Crippen molar-refractivity contribution in [2.45, 2.75) is 51.9 Å². The minimum absolute atomic E-state index is 0.0615. The van der Waals surface area contributed by atoms with Gasteiger partial charge < -0.3 is 19.4 Å². The van der Waals surface area contributed by atoms with E-state index in [9.17, 15) is 22.8 Å². The summed E-state index contributed by atoms with van der Waals surface area (Å²) >= 11 is 0. The second-order valence-electron chi connectivity index (χ2n) is 10.1. The van der Waals surface area contributed by atoms with Crippen molar-refractivity contribution < 1.29 is 27.5 Å². The molecule has 2 aliphatic rings. The number of carbonyl (C=O) groups excluding carboxylic acids is 2. The first-order valence-corrected chi connectivity index (χ1v) is 10.5. The highest BCUT2D eigenvalue weighted by molar-refractivity contribution is 5.84. The Hall–Kier alpha value is -2.78. The minimum atomic E-state index is -4.50. The van der Waals surface area contributed by atoms with Crippen LogP contribution in [-0.4, -0.2) is 45.0 Å². The lowest BCUT2D eigenvalue weighted by Crippen LogP contribution is -2.45. The number of fused-ring (bicyclic) bond motifs is 2. The lowest BCUT2D eigenvalue weighted by Gasteiger charge is -2.27. The topological polar surface area (TPSA) is 75.9 Å². The number of imidazole rings is 1. The molecule has 3 atom stereocenters. The molecule has 3 heterocycles. The molecule has 1 aliphatic carbocycles. The van der Waals surface area contributed by atoms with Crippen molar-refractivity contribution in [3.8, 4) is 0 Å². The highest BCUT2D eigenvalue weighted by Gasteiger charge is 2.61. The lowest BCUT2D eigenvalue weighted by atomic mass is 10.0. The normalized spacial score (nSPS) is 23.2. The van der Waals surface area contributed by atoms with E-state index in [0.717, 1.165) is 6.07 Å². The zero-order valence-corrected chi connectivity index (χ0v) is 18.7. The maximum atomic E-state index is 13.3. The first-order chi connectivity index (χ1) is 14.7. The number of hydrogen-bond acceptors (Lipinski definition) is 4. The van der Waals surface area contributed by atoms with E-state index in [1.165, 1.54) is 22.9 Å². The molecule has 2 amide bonds. The van der Waals surface area contributed by atoms with Gasteiger partial charge in [-0.15, -0.1) is 0 Å². The van der Waals surface area contributed by atoms with Crippen molar-refractivity contribution in [1.82, 2.24) is 19.6 Å². The van der Waals surface area contributed by atoms with Crippen molar-refractivity contribution in [1.29, 1.82) is 0 Å². The smallest absolute Gasteiger partial charge is 0.418 e. The Morgan fingerprint density at radius 3 is 2.31 bits per heavy atom. The van der Waals surface area contributed by atoms with Crippen LogP contribution in [-0.2, 0) is 21.2 Å². The van der Waals surface area contributed by atoms with E-state index in [-0.39, 0.29) is 35.3 Å². The van der Waals surface area contributed by atoms with Gasteiger partial charge >= 0.3 is 12.3 Å². The van der Waals surface area contributed by atoms with Crippen LogP contribution in [0.5, 0.6) is 0 Å². The summed E-state index contributed by atoms with van der Waals surface area (Å²) in [5, 5.41) is 2.94. The fourth-order valence-electron chi connectivity index (χ4n) is 4.56. The molecule has 0 spiro atoms. The van der Waals surface area contributed by atoms with Crippen LogP contribution < -0.4 is 5.32 Å². The molecule has 32 heavy (non-hydrogen) atoms. The third-order valence-electron chi connectivity index (χ3n) is 6.02. The number of ether oxygens (including phenoxy) is 1. The molecule has 1 N–H and O–H groups in total. The van der Waals surface area contributed by atoms with Gasteiger partial charge in [-0.25, -0.2) is 9.78 Å². The number of amides is 2. The Morgan fingerprint density at radius 1 is 1.12 bits per heavy atom.